The van der Waals surface area contributed by atoms with Gasteiger partial charge in [-0.1, -0.05) is 0 Å². The van der Waals surface area contributed by atoms with Crippen LogP contribution < -0.4 is 0 Å². The van der Waals surface area contributed by atoms with Gasteiger partial charge in [0.2, 0.25) is 0 Å². The lowest BCUT2D eigenvalue weighted by Crippen LogP contribution is -2.47. The number of sulfone groups is 1. The molecule has 82 valence electrons. The average Bonchev–Trinajstić information content (AvgIpc) is 2.41. The van der Waals surface area contributed by atoms with Gasteiger partial charge in [0.15, 0.2) is 9.84 Å². The number of hydrogen-bond donors (Lipinski definition) is 1. The first-order valence-corrected chi connectivity index (χ1v) is 7.76. The number of aliphatic hydroxyl groups is 1. The van der Waals surface area contributed by atoms with Crippen LogP contribution in [0.5, 0.6) is 0 Å². The van der Waals surface area contributed by atoms with Crippen LogP contribution in [0.3, 0.4) is 0 Å². The van der Waals surface area contributed by atoms with Gasteiger partial charge in [0.1, 0.15) is 0 Å². The van der Waals surface area contributed by atoms with E-state index in [1.165, 1.54) is 0 Å². The Balaban J connectivity index is 2.04. The first-order chi connectivity index (χ1) is 6.58. The van der Waals surface area contributed by atoms with Crippen LogP contribution in [0, 0.1) is 0 Å². The van der Waals surface area contributed by atoms with Crippen molar-refractivity contribution in [3.05, 3.63) is 0 Å². The van der Waals surface area contributed by atoms with E-state index >= 15 is 0 Å². The van der Waals surface area contributed by atoms with Crippen LogP contribution in [0.4, 0.5) is 0 Å². The molecular formula is C8H15NO3S2. The normalized spacial score (nSPS) is 38.6. The van der Waals surface area contributed by atoms with Crippen LogP contribution >= 0.6 is 11.8 Å². The quantitative estimate of drug-likeness (QED) is 0.646. The Hall–Kier alpha value is 0.220. The second kappa shape index (κ2) is 4.00. The monoisotopic (exact) mass is 237 g/mol. The van der Waals surface area contributed by atoms with Crippen molar-refractivity contribution in [2.24, 2.45) is 0 Å². The minimum absolute atomic E-state index is 0.0543. The van der Waals surface area contributed by atoms with Crippen LogP contribution in [-0.4, -0.2) is 66.7 Å². The molecule has 2 rings (SSSR count). The van der Waals surface area contributed by atoms with E-state index < -0.39 is 15.9 Å². The Morgan fingerprint density at radius 3 is 2.36 bits per heavy atom. The van der Waals surface area contributed by atoms with Gasteiger partial charge in [0.05, 0.1) is 23.7 Å². The van der Waals surface area contributed by atoms with Crippen LogP contribution in [0.2, 0.25) is 0 Å². The van der Waals surface area contributed by atoms with E-state index in [2.05, 4.69) is 4.90 Å². The lowest BCUT2D eigenvalue weighted by molar-refractivity contribution is 0.0899. The highest BCUT2D eigenvalue weighted by molar-refractivity contribution is 7.99. The minimum atomic E-state index is -2.99. The van der Waals surface area contributed by atoms with Crippen LogP contribution in [0.1, 0.15) is 0 Å². The smallest absolute Gasteiger partial charge is 0.154 e. The van der Waals surface area contributed by atoms with Crippen molar-refractivity contribution in [1.82, 2.24) is 4.90 Å². The van der Waals surface area contributed by atoms with Gasteiger partial charge < -0.3 is 5.11 Å². The Bertz CT molecular complexity index is 298. The summed E-state index contributed by atoms with van der Waals surface area (Å²) < 4.78 is 22.6. The molecule has 1 N–H and O–H groups in total. The summed E-state index contributed by atoms with van der Waals surface area (Å²) in [7, 11) is -2.99. The third-order valence-electron chi connectivity index (χ3n) is 2.81. The number of thioether (sulfide) groups is 1. The fourth-order valence-corrected chi connectivity index (χ4v) is 4.83. The van der Waals surface area contributed by atoms with Crippen molar-refractivity contribution in [3.63, 3.8) is 0 Å². The summed E-state index contributed by atoms with van der Waals surface area (Å²) in [6.45, 7) is 1.81. The highest BCUT2D eigenvalue weighted by Gasteiger charge is 2.40. The molecule has 0 amide bonds. The molecule has 2 fully saturated rings. The van der Waals surface area contributed by atoms with Crippen molar-refractivity contribution in [2.45, 2.75) is 12.1 Å². The first-order valence-electron chi connectivity index (χ1n) is 4.79. The van der Waals surface area contributed by atoms with Gasteiger partial charge in [-0.15, -0.1) is 0 Å². The van der Waals surface area contributed by atoms with E-state index in [-0.39, 0.29) is 17.5 Å². The third kappa shape index (κ3) is 2.24. The largest absolute Gasteiger partial charge is 0.390 e. The Morgan fingerprint density at radius 1 is 1.21 bits per heavy atom. The van der Waals surface area contributed by atoms with Crippen LogP contribution in [0.25, 0.3) is 0 Å². The maximum atomic E-state index is 11.3. The molecule has 0 bridgehead atoms. The summed E-state index contributed by atoms with van der Waals surface area (Å²) >= 11 is 1.89. The van der Waals surface area contributed by atoms with Gasteiger partial charge in [0, 0.05) is 24.6 Å². The minimum Gasteiger partial charge on any atom is -0.390 e. The van der Waals surface area contributed by atoms with E-state index in [1.54, 1.807) is 0 Å². The summed E-state index contributed by atoms with van der Waals surface area (Å²) in [4.78, 5) is 2.12. The highest BCUT2D eigenvalue weighted by Crippen LogP contribution is 2.21. The molecule has 0 radical (unpaired) electrons. The van der Waals surface area contributed by atoms with E-state index in [4.69, 9.17) is 0 Å². The first kappa shape index (κ1) is 10.7. The van der Waals surface area contributed by atoms with Crippen molar-refractivity contribution >= 4 is 21.6 Å². The zero-order valence-corrected chi connectivity index (χ0v) is 9.56. The SMILES string of the molecule is O=S1(=O)CC(O)C(N2CCSCC2)C1. The van der Waals surface area contributed by atoms with E-state index in [0.717, 1.165) is 24.6 Å². The van der Waals surface area contributed by atoms with Crippen molar-refractivity contribution in [3.8, 4) is 0 Å². The maximum Gasteiger partial charge on any atom is 0.154 e. The second-order valence-corrected chi connectivity index (χ2v) is 7.24. The summed E-state index contributed by atoms with van der Waals surface area (Å²) in [5.74, 6) is 2.17. The number of aliphatic hydroxyl groups excluding tert-OH is 1. The lowest BCUT2D eigenvalue weighted by atomic mass is 10.2. The molecule has 0 aromatic carbocycles. The van der Waals surface area contributed by atoms with Gasteiger partial charge in [-0.05, 0) is 0 Å². The number of nitrogens with zero attached hydrogens (tertiary/aromatic N) is 1. The van der Waals surface area contributed by atoms with Gasteiger partial charge in [-0.25, -0.2) is 8.42 Å². The molecule has 2 heterocycles. The molecule has 6 heteroatoms. The second-order valence-electron chi connectivity index (χ2n) is 3.86. The van der Waals surface area contributed by atoms with Crippen molar-refractivity contribution in [1.29, 1.82) is 0 Å². The molecule has 2 unspecified atom stereocenters. The molecule has 0 saturated carbocycles. The fourth-order valence-electron chi connectivity index (χ4n) is 2.07. The predicted octanol–water partition coefficient (Wildman–Crippen LogP) is -0.807. The molecule has 0 aliphatic carbocycles. The zero-order valence-electron chi connectivity index (χ0n) is 7.92. The lowest BCUT2D eigenvalue weighted by Gasteiger charge is -2.32. The molecule has 4 nitrogen and oxygen atoms in total. The maximum absolute atomic E-state index is 11.3. The summed E-state index contributed by atoms with van der Waals surface area (Å²) in [6.07, 6.45) is -0.678. The Kier molecular flexibility index (Phi) is 3.06. The summed E-state index contributed by atoms with van der Waals surface area (Å²) in [6, 6.07) is -0.152. The molecule has 14 heavy (non-hydrogen) atoms. The van der Waals surface area contributed by atoms with E-state index in [1.807, 2.05) is 11.8 Å². The molecule has 2 atom stereocenters. The molecule has 0 aromatic heterocycles. The standard InChI is InChI=1S/C8H15NO3S2/c10-8-6-14(11,12)5-7(8)9-1-3-13-4-2-9/h7-8,10H,1-6H2. The molecule has 0 aromatic rings. The highest BCUT2D eigenvalue weighted by atomic mass is 32.2. The summed E-state index contributed by atoms with van der Waals surface area (Å²) in [5.41, 5.74) is 0. The third-order valence-corrected chi connectivity index (χ3v) is 5.45. The van der Waals surface area contributed by atoms with Crippen molar-refractivity contribution in [2.75, 3.05) is 36.1 Å². The molecule has 0 spiro atoms. The average molecular weight is 237 g/mol. The Morgan fingerprint density at radius 2 is 1.86 bits per heavy atom. The van der Waals surface area contributed by atoms with E-state index in [9.17, 15) is 13.5 Å². The molecular weight excluding hydrogens is 222 g/mol. The van der Waals surface area contributed by atoms with Gasteiger partial charge in [-0.3, -0.25) is 4.90 Å². The van der Waals surface area contributed by atoms with Gasteiger partial charge in [-0.2, -0.15) is 11.8 Å². The Labute approximate surface area is 88.6 Å². The van der Waals surface area contributed by atoms with Crippen LogP contribution in [-0.2, 0) is 9.84 Å². The topological polar surface area (TPSA) is 57.6 Å². The molecule has 2 aliphatic heterocycles. The molecule has 2 aliphatic rings. The van der Waals surface area contributed by atoms with E-state index in [0.29, 0.717) is 0 Å². The van der Waals surface area contributed by atoms with Crippen molar-refractivity contribution < 1.29 is 13.5 Å². The van der Waals surface area contributed by atoms with Crippen LogP contribution in [0.15, 0.2) is 0 Å². The van der Waals surface area contributed by atoms with Gasteiger partial charge >= 0.3 is 0 Å². The fraction of sp³-hybridized carbons (Fsp3) is 1.00. The molecule has 2 saturated heterocycles. The predicted molar refractivity (Wildman–Crippen MR) is 57.3 cm³/mol. The number of hydrogen-bond acceptors (Lipinski definition) is 5. The van der Waals surface area contributed by atoms with Gasteiger partial charge in [0.25, 0.3) is 0 Å². The zero-order chi connectivity index (χ0) is 10.2. The summed E-state index contributed by atoms with van der Waals surface area (Å²) in [5, 5.41) is 9.65. The number of rotatable bonds is 1.